The Balaban J connectivity index is 2.78. The molecule has 1 aliphatic rings. The molecule has 1 N–H and O–H groups in total. The first-order valence-corrected chi connectivity index (χ1v) is 5.25. The Morgan fingerprint density at radius 3 is 2.60 bits per heavy atom. The molecule has 3 nitrogen and oxygen atoms in total. The SMILES string of the molecule is C=CC(=O)/C(=C\C=C/C)N1CCNCC1. The summed E-state index contributed by atoms with van der Waals surface area (Å²) in [4.78, 5) is 13.7. The van der Waals surface area contributed by atoms with Crippen LogP contribution in [0, 0.1) is 0 Å². The lowest BCUT2D eigenvalue weighted by Crippen LogP contribution is -2.44. The molecule has 0 aromatic rings. The van der Waals surface area contributed by atoms with Crippen molar-refractivity contribution >= 4 is 5.78 Å². The number of piperazine rings is 1. The van der Waals surface area contributed by atoms with Crippen molar-refractivity contribution in [3.63, 3.8) is 0 Å². The number of nitrogens with one attached hydrogen (secondary N) is 1. The van der Waals surface area contributed by atoms with Gasteiger partial charge in [0, 0.05) is 26.2 Å². The molecule has 1 aliphatic heterocycles. The molecule has 0 radical (unpaired) electrons. The topological polar surface area (TPSA) is 32.3 Å². The highest BCUT2D eigenvalue weighted by molar-refractivity contribution is 6.03. The second-order valence-corrected chi connectivity index (χ2v) is 3.38. The van der Waals surface area contributed by atoms with Crippen molar-refractivity contribution < 1.29 is 4.79 Å². The Hall–Kier alpha value is -1.35. The number of hydrogen-bond donors (Lipinski definition) is 1. The van der Waals surface area contributed by atoms with Crippen LogP contribution in [0.1, 0.15) is 6.92 Å². The summed E-state index contributed by atoms with van der Waals surface area (Å²) in [5, 5.41) is 3.26. The molecule has 0 aromatic carbocycles. The highest BCUT2D eigenvalue weighted by Crippen LogP contribution is 2.08. The van der Waals surface area contributed by atoms with Crippen LogP contribution in [0.25, 0.3) is 0 Å². The molecule has 0 aliphatic carbocycles. The molecule has 0 atom stereocenters. The number of hydrogen-bond acceptors (Lipinski definition) is 3. The van der Waals surface area contributed by atoms with Gasteiger partial charge in [0.25, 0.3) is 0 Å². The van der Waals surface area contributed by atoms with Gasteiger partial charge in [-0.1, -0.05) is 18.7 Å². The van der Waals surface area contributed by atoms with E-state index in [9.17, 15) is 4.79 Å². The minimum Gasteiger partial charge on any atom is -0.366 e. The second-order valence-electron chi connectivity index (χ2n) is 3.38. The normalized spacial score (nSPS) is 18.2. The van der Waals surface area contributed by atoms with Crippen molar-refractivity contribution in [2.45, 2.75) is 6.92 Å². The molecule has 0 aromatic heterocycles. The van der Waals surface area contributed by atoms with E-state index < -0.39 is 0 Å². The van der Waals surface area contributed by atoms with Crippen molar-refractivity contribution in [1.29, 1.82) is 0 Å². The third kappa shape index (κ3) is 3.36. The van der Waals surface area contributed by atoms with Gasteiger partial charge >= 0.3 is 0 Å². The second kappa shape index (κ2) is 6.19. The summed E-state index contributed by atoms with van der Waals surface area (Å²) in [6.45, 7) is 9.07. The van der Waals surface area contributed by atoms with Gasteiger partial charge in [-0.25, -0.2) is 0 Å². The third-order valence-electron chi connectivity index (χ3n) is 2.34. The highest BCUT2D eigenvalue weighted by atomic mass is 16.1. The molecular weight excluding hydrogens is 188 g/mol. The van der Waals surface area contributed by atoms with E-state index >= 15 is 0 Å². The van der Waals surface area contributed by atoms with E-state index in [2.05, 4.69) is 16.8 Å². The van der Waals surface area contributed by atoms with E-state index in [1.807, 2.05) is 25.2 Å². The van der Waals surface area contributed by atoms with Gasteiger partial charge in [-0.3, -0.25) is 4.79 Å². The van der Waals surface area contributed by atoms with Gasteiger partial charge < -0.3 is 10.2 Å². The van der Waals surface area contributed by atoms with E-state index in [-0.39, 0.29) is 5.78 Å². The molecule has 0 saturated carbocycles. The minimum atomic E-state index is -0.00463. The summed E-state index contributed by atoms with van der Waals surface area (Å²) >= 11 is 0. The fourth-order valence-electron chi connectivity index (χ4n) is 1.54. The number of rotatable bonds is 4. The van der Waals surface area contributed by atoms with Crippen molar-refractivity contribution in [2.24, 2.45) is 0 Å². The van der Waals surface area contributed by atoms with Gasteiger partial charge in [-0.2, -0.15) is 0 Å². The Bertz CT molecular complexity index is 286. The number of ketones is 1. The molecule has 1 saturated heterocycles. The Kier molecular flexibility index (Phi) is 4.84. The fraction of sp³-hybridized carbons (Fsp3) is 0.417. The Morgan fingerprint density at radius 1 is 1.40 bits per heavy atom. The number of carbonyl (C=O) groups excluding carboxylic acids is 1. The molecule has 0 unspecified atom stereocenters. The molecule has 0 spiro atoms. The lowest BCUT2D eigenvalue weighted by atomic mass is 10.2. The molecular formula is C12H18N2O. The van der Waals surface area contributed by atoms with Crippen LogP contribution in [0.15, 0.2) is 36.6 Å². The zero-order valence-corrected chi connectivity index (χ0v) is 9.20. The quantitative estimate of drug-likeness (QED) is 0.552. The summed E-state index contributed by atoms with van der Waals surface area (Å²) in [5.41, 5.74) is 0.740. The lowest BCUT2D eigenvalue weighted by Gasteiger charge is -2.30. The van der Waals surface area contributed by atoms with E-state index in [1.165, 1.54) is 6.08 Å². The van der Waals surface area contributed by atoms with E-state index in [4.69, 9.17) is 0 Å². The number of nitrogens with zero attached hydrogens (tertiary/aromatic N) is 1. The maximum atomic E-state index is 11.6. The van der Waals surface area contributed by atoms with Gasteiger partial charge in [-0.15, -0.1) is 0 Å². The smallest absolute Gasteiger partial charge is 0.201 e. The van der Waals surface area contributed by atoms with Gasteiger partial charge in [0.1, 0.15) is 0 Å². The minimum absolute atomic E-state index is 0.00463. The summed E-state index contributed by atoms with van der Waals surface area (Å²) in [6.07, 6.45) is 7.03. The van der Waals surface area contributed by atoms with Crippen LogP contribution in [-0.2, 0) is 4.79 Å². The molecule has 82 valence electrons. The van der Waals surface area contributed by atoms with E-state index in [0.717, 1.165) is 31.9 Å². The first-order chi connectivity index (χ1) is 7.29. The summed E-state index contributed by atoms with van der Waals surface area (Å²) < 4.78 is 0. The zero-order valence-electron chi connectivity index (χ0n) is 9.20. The van der Waals surface area contributed by atoms with Crippen molar-refractivity contribution in [2.75, 3.05) is 26.2 Å². The van der Waals surface area contributed by atoms with Gasteiger partial charge in [0.05, 0.1) is 5.70 Å². The molecule has 15 heavy (non-hydrogen) atoms. The highest BCUT2D eigenvalue weighted by Gasteiger charge is 2.16. The van der Waals surface area contributed by atoms with Gasteiger partial charge in [0.15, 0.2) is 0 Å². The standard InChI is InChI=1S/C12H18N2O/c1-3-5-6-11(12(15)4-2)14-9-7-13-8-10-14/h3-6,13H,2,7-10H2,1H3/b5-3-,11-6+. The van der Waals surface area contributed by atoms with Crippen LogP contribution in [0.4, 0.5) is 0 Å². The van der Waals surface area contributed by atoms with E-state index in [1.54, 1.807) is 0 Å². The maximum Gasteiger partial charge on any atom is 0.201 e. The van der Waals surface area contributed by atoms with Crippen LogP contribution in [0.5, 0.6) is 0 Å². The van der Waals surface area contributed by atoms with Crippen molar-refractivity contribution in [3.05, 3.63) is 36.6 Å². The summed E-state index contributed by atoms with van der Waals surface area (Å²) in [6, 6.07) is 0. The van der Waals surface area contributed by atoms with E-state index in [0.29, 0.717) is 0 Å². The molecule has 1 heterocycles. The molecule has 1 rings (SSSR count). The molecule has 3 heteroatoms. The fourth-order valence-corrected chi connectivity index (χ4v) is 1.54. The lowest BCUT2D eigenvalue weighted by molar-refractivity contribution is -0.112. The third-order valence-corrected chi connectivity index (χ3v) is 2.34. The Labute approximate surface area is 91.2 Å². The van der Waals surface area contributed by atoms with Crippen LogP contribution in [0.3, 0.4) is 0 Å². The van der Waals surface area contributed by atoms with Crippen LogP contribution in [0.2, 0.25) is 0 Å². The average molecular weight is 206 g/mol. The monoisotopic (exact) mass is 206 g/mol. The summed E-state index contributed by atoms with van der Waals surface area (Å²) in [7, 11) is 0. The predicted molar refractivity (Wildman–Crippen MR) is 62.5 cm³/mol. The van der Waals surface area contributed by atoms with Crippen LogP contribution < -0.4 is 5.32 Å². The first kappa shape index (κ1) is 11.7. The molecule has 0 amide bonds. The Morgan fingerprint density at radius 2 is 2.07 bits per heavy atom. The number of allylic oxidation sites excluding steroid dienone is 4. The predicted octanol–water partition coefficient (Wildman–Crippen LogP) is 1.11. The summed E-state index contributed by atoms with van der Waals surface area (Å²) in [5.74, 6) is -0.00463. The molecule has 0 bridgehead atoms. The van der Waals surface area contributed by atoms with Gasteiger partial charge in [-0.05, 0) is 19.1 Å². The van der Waals surface area contributed by atoms with Crippen molar-refractivity contribution in [1.82, 2.24) is 10.2 Å². The van der Waals surface area contributed by atoms with Crippen LogP contribution >= 0.6 is 0 Å². The molecule has 1 fully saturated rings. The zero-order chi connectivity index (χ0) is 11.1. The first-order valence-electron chi connectivity index (χ1n) is 5.25. The number of carbonyl (C=O) groups is 1. The average Bonchev–Trinajstić information content (AvgIpc) is 2.30. The maximum absolute atomic E-state index is 11.6. The van der Waals surface area contributed by atoms with Gasteiger partial charge in [0.2, 0.25) is 5.78 Å². The van der Waals surface area contributed by atoms with Crippen LogP contribution in [-0.4, -0.2) is 36.9 Å². The largest absolute Gasteiger partial charge is 0.366 e. The van der Waals surface area contributed by atoms with Crippen molar-refractivity contribution in [3.8, 4) is 0 Å².